The first-order valence-corrected chi connectivity index (χ1v) is 4.07. The van der Waals surface area contributed by atoms with Gasteiger partial charge in [-0.15, -0.1) is 0 Å². The number of nitrogens with zero attached hydrogens (tertiary/aromatic N) is 2. The smallest absolute Gasteiger partial charge is 0.298 e. The molecule has 4 nitrogen and oxygen atoms in total. The highest BCUT2D eigenvalue weighted by Crippen LogP contribution is 2.28. The van der Waals surface area contributed by atoms with E-state index in [-0.39, 0.29) is 17.1 Å². The standard InChI is InChI=1S/C9H6F2N2O2/c10-9(11)7-4-5(13-15-7)8-6(14)2-1-3-12-8/h1-4,9,14H. The van der Waals surface area contributed by atoms with E-state index in [1.165, 1.54) is 18.3 Å². The molecule has 78 valence electrons. The second-order valence-electron chi connectivity index (χ2n) is 2.79. The molecule has 0 aromatic carbocycles. The van der Waals surface area contributed by atoms with Crippen LogP contribution in [-0.2, 0) is 0 Å². The Bertz CT molecular complexity index is 471. The molecule has 0 aliphatic rings. The number of rotatable bonds is 2. The minimum Gasteiger partial charge on any atom is -0.506 e. The van der Waals surface area contributed by atoms with Crippen LogP contribution in [0.15, 0.2) is 28.9 Å². The minimum atomic E-state index is -2.72. The van der Waals surface area contributed by atoms with Crippen LogP contribution in [0.2, 0.25) is 0 Å². The summed E-state index contributed by atoms with van der Waals surface area (Å²) in [7, 11) is 0. The Morgan fingerprint density at radius 2 is 2.20 bits per heavy atom. The van der Waals surface area contributed by atoms with E-state index in [9.17, 15) is 13.9 Å². The van der Waals surface area contributed by atoms with Gasteiger partial charge in [0.1, 0.15) is 17.1 Å². The Morgan fingerprint density at radius 1 is 1.40 bits per heavy atom. The lowest BCUT2D eigenvalue weighted by molar-refractivity contribution is 0.112. The van der Waals surface area contributed by atoms with Gasteiger partial charge in [0.25, 0.3) is 6.43 Å². The number of alkyl halides is 2. The molecule has 6 heteroatoms. The van der Waals surface area contributed by atoms with Crippen molar-refractivity contribution in [1.29, 1.82) is 0 Å². The lowest BCUT2D eigenvalue weighted by atomic mass is 10.2. The average molecular weight is 212 g/mol. The molecule has 0 saturated carbocycles. The number of aromatic nitrogens is 2. The first-order chi connectivity index (χ1) is 7.18. The molecule has 0 aliphatic carbocycles. The lowest BCUT2D eigenvalue weighted by Crippen LogP contribution is -1.82. The summed E-state index contributed by atoms with van der Waals surface area (Å²) in [5.74, 6) is -0.679. The van der Waals surface area contributed by atoms with Gasteiger partial charge in [0.2, 0.25) is 5.76 Å². The molecule has 1 N–H and O–H groups in total. The number of aromatic hydroxyl groups is 1. The van der Waals surface area contributed by atoms with E-state index in [0.29, 0.717) is 0 Å². The summed E-state index contributed by atoms with van der Waals surface area (Å²) in [6, 6.07) is 3.96. The SMILES string of the molecule is Oc1cccnc1-c1cc(C(F)F)on1. The highest BCUT2D eigenvalue weighted by molar-refractivity contribution is 5.61. The summed E-state index contributed by atoms with van der Waals surface area (Å²) in [5.41, 5.74) is 0.205. The normalized spacial score (nSPS) is 10.9. The van der Waals surface area contributed by atoms with Crippen molar-refractivity contribution in [1.82, 2.24) is 10.1 Å². The maximum absolute atomic E-state index is 12.2. The van der Waals surface area contributed by atoms with Crippen molar-refractivity contribution < 1.29 is 18.4 Å². The van der Waals surface area contributed by atoms with Gasteiger partial charge in [0, 0.05) is 12.3 Å². The fourth-order valence-corrected chi connectivity index (χ4v) is 1.10. The van der Waals surface area contributed by atoms with Crippen LogP contribution in [0.4, 0.5) is 8.78 Å². The van der Waals surface area contributed by atoms with Gasteiger partial charge >= 0.3 is 0 Å². The Balaban J connectivity index is 2.42. The molecule has 2 heterocycles. The molecule has 0 unspecified atom stereocenters. The van der Waals surface area contributed by atoms with Crippen molar-refractivity contribution in [3.8, 4) is 17.1 Å². The third-order valence-electron chi connectivity index (χ3n) is 1.77. The van der Waals surface area contributed by atoms with Crippen LogP contribution >= 0.6 is 0 Å². The molecule has 2 aromatic heterocycles. The van der Waals surface area contributed by atoms with Crippen LogP contribution in [0.3, 0.4) is 0 Å². The Kier molecular flexibility index (Phi) is 2.32. The van der Waals surface area contributed by atoms with Crippen molar-refractivity contribution in [3.63, 3.8) is 0 Å². The quantitative estimate of drug-likeness (QED) is 0.830. The van der Waals surface area contributed by atoms with Gasteiger partial charge in [0.15, 0.2) is 0 Å². The molecule has 0 radical (unpaired) electrons. The summed E-state index contributed by atoms with van der Waals surface area (Å²) in [6.07, 6.45) is -1.30. The van der Waals surface area contributed by atoms with Gasteiger partial charge in [-0.3, -0.25) is 4.98 Å². The summed E-state index contributed by atoms with van der Waals surface area (Å²) < 4.78 is 28.7. The summed E-state index contributed by atoms with van der Waals surface area (Å²) in [4.78, 5) is 3.80. The fourth-order valence-electron chi connectivity index (χ4n) is 1.10. The third kappa shape index (κ3) is 1.78. The van der Waals surface area contributed by atoms with Crippen LogP contribution < -0.4 is 0 Å². The summed E-state index contributed by atoms with van der Waals surface area (Å²) in [5, 5.41) is 12.8. The zero-order valence-corrected chi connectivity index (χ0v) is 7.39. The fraction of sp³-hybridized carbons (Fsp3) is 0.111. The monoisotopic (exact) mass is 212 g/mol. The van der Waals surface area contributed by atoms with Crippen LogP contribution in [0.5, 0.6) is 5.75 Å². The van der Waals surface area contributed by atoms with Gasteiger partial charge in [0.05, 0.1) is 0 Å². The van der Waals surface area contributed by atoms with Crippen molar-refractivity contribution in [2.75, 3.05) is 0 Å². The zero-order valence-electron chi connectivity index (χ0n) is 7.39. The Hall–Kier alpha value is -1.98. The second kappa shape index (κ2) is 3.64. The van der Waals surface area contributed by atoms with E-state index in [4.69, 9.17) is 0 Å². The third-order valence-corrected chi connectivity index (χ3v) is 1.77. The zero-order chi connectivity index (χ0) is 10.8. The van der Waals surface area contributed by atoms with Gasteiger partial charge in [-0.25, -0.2) is 8.78 Å². The van der Waals surface area contributed by atoms with E-state index in [2.05, 4.69) is 14.7 Å². The van der Waals surface area contributed by atoms with Gasteiger partial charge in [-0.05, 0) is 12.1 Å². The predicted octanol–water partition coefficient (Wildman–Crippen LogP) is 2.38. The van der Waals surface area contributed by atoms with Gasteiger partial charge in [-0.2, -0.15) is 0 Å². The predicted molar refractivity (Wildman–Crippen MR) is 46.4 cm³/mol. The number of halogens is 2. The maximum atomic E-state index is 12.2. The maximum Gasteiger partial charge on any atom is 0.298 e. The van der Waals surface area contributed by atoms with Gasteiger partial charge in [-0.1, -0.05) is 5.16 Å². The summed E-state index contributed by atoms with van der Waals surface area (Å²) >= 11 is 0. The van der Waals surface area contributed by atoms with Gasteiger partial charge < -0.3 is 9.63 Å². The molecule has 0 aliphatic heterocycles. The Morgan fingerprint density at radius 3 is 2.80 bits per heavy atom. The molecule has 0 fully saturated rings. The minimum absolute atomic E-state index is 0.0865. The molecule has 0 amide bonds. The largest absolute Gasteiger partial charge is 0.506 e. The lowest BCUT2D eigenvalue weighted by Gasteiger charge is -1.96. The first-order valence-electron chi connectivity index (χ1n) is 4.07. The number of hydrogen-bond donors (Lipinski definition) is 1. The Labute approximate surface area is 83.2 Å². The molecule has 15 heavy (non-hydrogen) atoms. The van der Waals surface area contributed by atoms with Crippen LogP contribution in [0, 0.1) is 0 Å². The topological polar surface area (TPSA) is 59.2 Å². The van der Waals surface area contributed by atoms with E-state index >= 15 is 0 Å². The molecule has 0 saturated heterocycles. The van der Waals surface area contributed by atoms with Crippen LogP contribution in [0.1, 0.15) is 12.2 Å². The van der Waals surface area contributed by atoms with Crippen molar-refractivity contribution in [2.45, 2.75) is 6.43 Å². The highest BCUT2D eigenvalue weighted by atomic mass is 19.3. The first kappa shape index (κ1) is 9.57. The number of hydrogen-bond acceptors (Lipinski definition) is 4. The van der Waals surface area contributed by atoms with Crippen LogP contribution in [-0.4, -0.2) is 15.2 Å². The summed E-state index contributed by atoms with van der Waals surface area (Å²) in [6.45, 7) is 0. The van der Waals surface area contributed by atoms with E-state index in [1.807, 2.05) is 0 Å². The molecule has 2 rings (SSSR count). The number of pyridine rings is 1. The molecular formula is C9H6F2N2O2. The van der Waals surface area contributed by atoms with E-state index < -0.39 is 12.2 Å². The van der Waals surface area contributed by atoms with Crippen molar-refractivity contribution in [2.24, 2.45) is 0 Å². The van der Waals surface area contributed by atoms with Crippen molar-refractivity contribution >= 4 is 0 Å². The second-order valence-corrected chi connectivity index (χ2v) is 2.79. The molecule has 0 bridgehead atoms. The van der Waals surface area contributed by atoms with E-state index in [1.54, 1.807) is 0 Å². The average Bonchev–Trinajstić information content (AvgIpc) is 2.67. The molecular weight excluding hydrogens is 206 g/mol. The molecule has 0 atom stereocenters. The van der Waals surface area contributed by atoms with E-state index in [0.717, 1.165) is 6.07 Å². The highest BCUT2D eigenvalue weighted by Gasteiger charge is 2.17. The van der Waals surface area contributed by atoms with Crippen LogP contribution in [0.25, 0.3) is 11.4 Å². The molecule has 0 spiro atoms. The molecule has 2 aromatic rings. The van der Waals surface area contributed by atoms with Crippen molar-refractivity contribution in [3.05, 3.63) is 30.2 Å².